The van der Waals surface area contributed by atoms with Crippen molar-refractivity contribution in [3.8, 4) is 11.5 Å². The summed E-state index contributed by atoms with van der Waals surface area (Å²) in [5, 5.41) is 101. The molecule has 8 bridgehead atoms. The molecule has 0 aromatic heterocycles. The van der Waals surface area contributed by atoms with Crippen LogP contribution in [0.15, 0.2) is 35.4 Å². The van der Waals surface area contributed by atoms with Crippen LogP contribution in [0.1, 0.15) is 109 Å². The van der Waals surface area contributed by atoms with Gasteiger partial charge in [0.2, 0.25) is 0 Å². The van der Waals surface area contributed by atoms with Gasteiger partial charge in [0.25, 0.3) is 0 Å². The number of carbonyl (C=O) groups is 1. The second kappa shape index (κ2) is 11.7. The van der Waals surface area contributed by atoms with Gasteiger partial charge >= 0.3 is 0 Å². The van der Waals surface area contributed by atoms with E-state index >= 15 is 4.79 Å². The van der Waals surface area contributed by atoms with Gasteiger partial charge in [-0.2, -0.15) is 0 Å². The van der Waals surface area contributed by atoms with Crippen LogP contribution in [0.4, 0.5) is 0 Å². The third-order valence-electron chi connectivity index (χ3n) is 19.5. The van der Waals surface area contributed by atoms with Crippen LogP contribution in [-0.2, 0) is 16.0 Å². The topological polar surface area (TPSA) is 200 Å². The van der Waals surface area contributed by atoms with Crippen molar-refractivity contribution in [2.45, 2.75) is 145 Å². The first kappa shape index (κ1) is 38.8. The zero-order chi connectivity index (χ0) is 40.7. The van der Waals surface area contributed by atoms with Crippen LogP contribution >= 0.6 is 0 Å². The second-order valence-corrected chi connectivity index (χ2v) is 21.1. The molecular formula is C46H63NO10. The zero-order valence-electron chi connectivity index (χ0n) is 34.1. The Morgan fingerprint density at radius 1 is 0.947 bits per heavy atom. The summed E-state index contributed by atoms with van der Waals surface area (Å²) in [7, 11) is 0. The number of hydrogen-bond acceptors (Lipinski definition) is 11. The Morgan fingerprint density at radius 3 is 2.42 bits per heavy atom. The van der Waals surface area contributed by atoms with E-state index in [1.807, 2.05) is 20.8 Å². The van der Waals surface area contributed by atoms with E-state index in [4.69, 9.17) is 4.74 Å². The Morgan fingerprint density at radius 2 is 1.70 bits per heavy atom. The predicted octanol–water partition coefficient (Wildman–Crippen LogP) is 3.53. The van der Waals surface area contributed by atoms with Crippen molar-refractivity contribution in [3.63, 3.8) is 0 Å². The van der Waals surface area contributed by atoms with Crippen molar-refractivity contribution in [1.29, 1.82) is 0 Å². The van der Waals surface area contributed by atoms with Crippen molar-refractivity contribution in [2.75, 3.05) is 19.7 Å². The van der Waals surface area contributed by atoms with E-state index in [-0.39, 0.29) is 60.4 Å². The molecular weight excluding hydrogens is 727 g/mol. The lowest BCUT2D eigenvalue weighted by molar-refractivity contribution is -0.248. The molecule has 1 aromatic rings. The number of carbonyl (C=O) groups excluding carboxylic acids is 1. The van der Waals surface area contributed by atoms with Crippen LogP contribution in [-0.4, -0.2) is 107 Å². The standard InChI is InChI=1S/C46H63NO10/c1-6-47-22-24-18-39(3)10-9-29(24)46(38(53)23(39)2)43(54,13-14-48)37-32(57-46)20-44(55)33-17-31(51)36-35-28-15-26(49)16-30(50)27(28)8-7-25-19-42(33,12-11-40(37,44)4)41(36,5)21-34(52)45(25,35)56/h15-18,23,25,29,32,34-38,47-50,52-56H,6-14,19-22H2,1-5H3/t23-,25-,29+,32+,34+,35?,36+,37-,38+,39+,40-,41+,42-,43-,44+,45-,46+/m1/s1. The molecule has 6 saturated carbocycles. The molecule has 312 valence electrons. The Hall–Kier alpha value is -2.35. The quantitative estimate of drug-likeness (QED) is 0.198. The molecule has 11 nitrogen and oxygen atoms in total. The molecule has 9 N–H and O–H groups in total. The van der Waals surface area contributed by atoms with Gasteiger partial charge in [0.05, 0.1) is 23.9 Å². The summed E-state index contributed by atoms with van der Waals surface area (Å²) in [6.07, 6.45) is 4.92. The number of aliphatic hydroxyl groups is 6. The molecule has 12 rings (SSSR count). The molecule has 11 heteroatoms. The fourth-order valence-corrected chi connectivity index (χ4v) is 16.8. The molecule has 1 unspecified atom stereocenters. The number of rotatable bonds is 5. The molecule has 1 aromatic carbocycles. The maximum atomic E-state index is 15.1. The van der Waals surface area contributed by atoms with Crippen molar-refractivity contribution >= 4 is 5.78 Å². The van der Waals surface area contributed by atoms with Crippen LogP contribution in [0.5, 0.6) is 11.5 Å². The highest BCUT2D eigenvalue weighted by molar-refractivity contribution is 5.96. The summed E-state index contributed by atoms with van der Waals surface area (Å²) >= 11 is 0. The molecule has 1 saturated heterocycles. The van der Waals surface area contributed by atoms with Crippen LogP contribution in [0, 0.1) is 51.2 Å². The van der Waals surface area contributed by atoms with Gasteiger partial charge in [-0.3, -0.25) is 4.79 Å². The average Bonchev–Trinajstić information content (AvgIpc) is 3.38. The Labute approximate surface area is 335 Å². The molecule has 1 aliphatic heterocycles. The van der Waals surface area contributed by atoms with Crippen molar-refractivity contribution < 1.29 is 50.4 Å². The van der Waals surface area contributed by atoms with Gasteiger partial charge < -0.3 is 50.9 Å². The molecule has 0 radical (unpaired) electrons. The molecule has 11 aliphatic rings. The highest BCUT2D eigenvalue weighted by Gasteiger charge is 2.85. The maximum Gasteiger partial charge on any atom is 0.160 e. The number of hydrogen-bond donors (Lipinski definition) is 9. The summed E-state index contributed by atoms with van der Waals surface area (Å²) in [5.74, 6) is -3.97. The Kier molecular flexibility index (Phi) is 7.98. The van der Waals surface area contributed by atoms with E-state index in [1.165, 1.54) is 6.07 Å². The first-order valence-corrected chi connectivity index (χ1v) is 21.8. The Bertz CT molecular complexity index is 2000. The number of nitrogens with one attached hydrogen (secondary N) is 1. The van der Waals surface area contributed by atoms with E-state index in [0.717, 1.165) is 18.5 Å². The van der Waals surface area contributed by atoms with E-state index in [0.29, 0.717) is 61.8 Å². The van der Waals surface area contributed by atoms with Crippen LogP contribution in [0.3, 0.4) is 0 Å². The summed E-state index contributed by atoms with van der Waals surface area (Å²) in [4.78, 5) is 15.1. The normalized spacial score (nSPS) is 53.9. The van der Waals surface area contributed by atoms with Crippen molar-refractivity contribution in [3.05, 3.63) is 46.6 Å². The molecule has 57 heavy (non-hydrogen) atoms. The minimum Gasteiger partial charge on any atom is -0.508 e. The third kappa shape index (κ3) is 4.15. The van der Waals surface area contributed by atoms with Gasteiger partial charge in [0, 0.05) is 66.6 Å². The van der Waals surface area contributed by atoms with Gasteiger partial charge in [-0.1, -0.05) is 46.3 Å². The number of phenols is 2. The van der Waals surface area contributed by atoms with E-state index in [2.05, 4.69) is 25.2 Å². The van der Waals surface area contributed by atoms with Crippen molar-refractivity contribution in [1.82, 2.24) is 5.32 Å². The molecule has 10 aliphatic carbocycles. The number of allylic oxidation sites excluding steroid dienone is 2. The number of likely N-dealkylation sites (N-methyl/N-ethyl adjacent to an activating group) is 1. The maximum absolute atomic E-state index is 15.1. The first-order chi connectivity index (χ1) is 26.8. The predicted molar refractivity (Wildman–Crippen MR) is 209 cm³/mol. The minimum atomic E-state index is -1.74. The van der Waals surface area contributed by atoms with Gasteiger partial charge in [-0.15, -0.1) is 0 Å². The summed E-state index contributed by atoms with van der Waals surface area (Å²) in [5.41, 5.74) is -6.83. The second-order valence-electron chi connectivity index (χ2n) is 21.1. The Balaban J connectivity index is 1.13. The van der Waals surface area contributed by atoms with E-state index in [9.17, 15) is 40.9 Å². The van der Waals surface area contributed by atoms with Gasteiger partial charge in [0.1, 0.15) is 28.3 Å². The van der Waals surface area contributed by atoms with E-state index in [1.54, 1.807) is 12.1 Å². The lowest BCUT2D eigenvalue weighted by atomic mass is 9.38. The van der Waals surface area contributed by atoms with Crippen LogP contribution in [0.2, 0.25) is 0 Å². The number of aromatic hydroxyl groups is 2. The van der Waals surface area contributed by atoms with Crippen LogP contribution in [0.25, 0.3) is 0 Å². The smallest absolute Gasteiger partial charge is 0.160 e. The number of aliphatic hydroxyl groups excluding tert-OH is 3. The number of ether oxygens (including phenoxy) is 1. The van der Waals surface area contributed by atoms with Gasteiger partial charge in [-0.25, -0.2) is 0 Å². The SMILES string of the molecule is CCNCC1=C[C@]2(C)CC[C@@H]1[C@]1(O[C@H]3C[C@]4(O)C5=CC(=O)[C@H]6C7c8cc(O)cc(O)c8CC[C@@H]8C[C@@]5(CC[C@]4(C)[C@@H]3[C@]1(O)CCO)[C@@]6(C)C[C@H](O)[C@@]78O)[C@@H](O)[C@H]2C. The molecule has 2 spiro atoms. The number of phenolic OH excluding ortho intramolecular Hbond substituents is 2. The van der Waals surface area contributed by atoms with E-state index < -0.39 is 80.6 Å². The molecule has 1 heterocycles. The summed E-state index contributed by atoms with van der Waals surface area (Å²) in [6.45, 7) is 11.3. The molecule has 7 fully saturated rings. The van der Waals surface area contributed by atoms with Crippen LogP contribution < -0.4 is 5.32 Å². The monoisotopic (exact) mass is 789 g/mol. The fourth-order valence-electron chi connectivity index (χ4n) is 16.8. The minimum absolute atomic E-state index is 0.0453. The average molecular weight is 790 g/mol. The van der Waals surface area contributed by atoms with Gasteiger partial charge in [0.15, 0.2) is 5.78 Å². The number of fused-ring (bicyclic) bond motifs is 8. The summed E-state index contributed by atoms with van der Waals surface area (Å²) in [6, 6.07) is 2.84. The highest BCUT2D eigenvalue weighted by Crippen LogP contribution is 2.81. The molecule has 0 amide bonds. The molecule has 17 atom stereocenters. The largest absolute Gasteiger partial charge is 0.508 e. The van der Waals surface area contributed by atoms with Gasteiger partial charge in [-0.05, 0) is 109 Å². The first-order valence-electron chi connectivity index (χ1n) is 21.8. The fraction of sp³-hybridized carbons (Fsp3) is 0.761. The van der Waals surface area contributed by atoms with Crippen molar-refractivity contribution in [2.24, 2.45) is 51.2 Å². The summed E-state index contributed by atoms with van der Waals surface area (Å²) < 4.78 is 7.37. The zero-order valence-corrected chi connectivity index (χ0v) is 34.1. The lowest BCUT2D eigenvalue weighted by Gasteiger charge is -2.67. The number of benzene rings is 1. The highest BCUT2D eigenvalue weighted by atomic mass is 16.6. The third-order valence-corrected chi connectivity index (χ3v) is 19.5. The lowest BCUT2D eigenvalue weighted by Crippen LogP contribution is -2.71. The number of ketones is 1.